The number of methoxy groups -OCH3 is 1. The summed E-state index contributed by atoms with van der Waals surface area (Å²) in [5, 5.41) is 2.87. The highest BCUT2D eigenvalue weighted by Gasteiger charge is 2.31. The van der Waals surface area contributed by atoms with Gasteiger partial charge in [-0.1, -0.05) is 43.7 Å². The van der Waals surface area contributed by atoms with Crippen molar-refractivity contribution in [1.82, 2.24) is 10.2 Å². The van der Waals surface area contributed by atoms with E-state index in [0.29, 0.717) is 18.0 Å². The maximum atomic E-state index is 13.6. The number of para-hydroxylation sites is 1. The number of aryl methyl sites for hydroxylation is 2. The summed E-state index contributed by atoms with van der Waals surface area (Å²) in [7, 11) is -2.20. The third kappa shape index (κ3) is 7.71. The first kappa shape index (κ1) is 28.2. The van der Waals surface area contributed by atoms with Crippen LogP contribution in [0, 0.1) is 13.8 Å². The minimum Gasteiger partial charge on any atom is -0.497 e. The van der Waals surface area contributed by atoms with E-state index in [1.807, 2.05) is 51.1 Å². The Balaban J connectivity index is 2.40. The van der Waals surface area contributed by atoms with E-state index in [2.05, 4.69) is 5.32 Å². The molecule has 2 rings (SSSR count). The fraction of sp³-hybridized carbons (Fsp3) is 0.462. The molecule has 1 atom stereocenters. The maximum absolute atomic E-state index is 13.6. The number of sulfonamides is 1. The minimum absolute atomic E-state index is 0.148. The summed E-state index contributed by atoms with van der Waals surface area (Å²) >= 11 is 0. The lowest BCUT2D eigenvalue weighted by molar-refractivity contribution is -0.139. The fourth-order valence-electron chi connectivity index (χ4n) is 3.82. The zero-order chi connectivity index (χ0) is 26.2. The summed E-state index contributed by atoms with van der Waals surface area (Å²) in [5.74, 6) is -0.0689. The van der Waals surface area contributed by atoms with E-state index in [1.54, 1.807) is 26.2 Å². The van der Waals surface area contributed by atoms with Crippen molar-refractivity contribution < 1.29 is 22.7 Å². The highest BCUT2D eigenvalue weighted by molar-refractivity contribution is 7.92. The summed E-state index contributed by atoms with van der Waals surface area (Å²) in [4.78, 5) is 27.9. The lowest BCUT2D eigenvalue weighted by atomic mass is 10.1. The SMILES string of the molecule is CCCCNC(=O)C(C)N(Cc1ccc(OC)cc1)C(=O)CN(c1c(C)cccc1C)S(C)(=O)=O. The Bertz CT molecular complexity index is 1100. The van der Waals surface area contributed by atoms with Gasteiger partial charge in [-0.05, 0) is 56.0 Å². The van der Waals surface area contributed by atoms with Crippen LogP contribution in [0.2, 0.25) is 0 Å². The molecule has 192 valence electrons. The van der Waals surface area contributed by atoms with E-state index in [9.17, 15) is 18.0 Å². The molecule has 0 saturated heterocycles. The van der Waals surface area contributed by atoms with Crippen LogP contribution < -0.4 is 14.4 Å². The number of rotatable bonds is 12. The molecule has 8 nitrogen and oxygen atoms in total. The first-order chi connectivity index (χ1) is 16.5. The second-order valence-electron chi connectivity index (χ2n) is 8.70. The fourth-order valence-corrected chi connectivity index (χ4v) is 4.79. The van der Waals surface area contributed by atoms with E-state index in [1.165, 1.54) is 4.90 Å². The Hall–Kier alpha value is -3.07. The van der Waals surface area contributed by atoms with Crippen LogP contribution in [0.15, 0.2) is 42.5 Å². The molecule has 0 saturated carbocycles. The van der Waals surface area contributed by atoms with Crippen LogP contribution in [0.3, 0.4) is 0 Å². The van der Waals surface area contributed by atoms with Gasteiger partial charge in [-0.3, -0.25) is 13.9 Å². The summed E-state index contributed by atoms with van der Waals surface area (Å²) in [6, 6.07) is 11.9. The van der Waals surface area contributed by atoms with Gasteiger partial charge in [-0.2, -0.15) is 0 Å². The summed E-state index contributed by atoms with van der Waals surface area (Å²) in [5.41, 5.74) is 2.77. The van der Waals surface area contributed by atoms with Gasteiger partial charge in [-0.15, -0.1) is 0 Å². The number of nitrogens with one attached hydrogen (secondary N) is 1. The number of nitrogens with zero attached hydrogens (tertiary/aromatic N) is 2. The molecule has 2 aromatic rings. The number of benzene rings is 2. The number of carbonyl (C=O) groups is 2. The Morgan fingerprint density at radius 2 is 1.66 bits per heavy atom. The minimum atomic E-state index is -3.77. The van der Waals surface area contributed by atoms with E-state index in [-0.39, 0.29) is 12.5 Å². The van der Waals surface area contributed by atoms with Gasteiger partial charge in [0, 0.05) is 13.1 Å². The molecule has 1 unspecified atom stereocenters. The predicted octanol–water partition coefficient (Wildman–Crippen LogP) is 3.41. The molecule has 35 heavy (non-hydrogen) atoms. The molecule has 0 fully saturated rings. The van der Waals surface area contributed by atoms with Gasteiger partial charge in [0.05, 0.1) is 19.1 Å². The number of ether oxygens (including phenoxy) is 1. The Labute approximate surface area is 209 Å². The van der Waals surface area contributed by atoms with Crippen LogP contribution in [0.4, 0.5) is 5.69 Å². The quantitative estimate of drug-likeness (QED) is 0.448. The van der Waals surface area contributed by atoms with Crippen LogP contribution in [0.25, 0.3) is 0 Å². The number of unbranched alkanes of at least 4 members (excludes halogenated alkanes) is 1. The number of hydrogen-bond acceptors (Lipinski definition) is 5. The van der Waals surface area contributed by atoms with Crippen molar-refractivity contribution in [2.75, 3.05) is 30.8 Å². The number of hydrogen-bond donors (Lipinski definition) is 1. The van der Waals surface area contributed by atoms with Crippen molar-refractivity contribution >= 4 is 27.5 Å². The van der Waals surface area contributed by atoms with Crippen LogP contribution in [-0.2, 0) is 26.2 Å². The van der Waals surface area contributed by atoms with Crippen LogP contribution in [-0.4, -0.2) is 57.6 Å². The smallest absolute Gasteiger partial charge is 0.244 e. The van der Waals surface area contributed by atoms with Crippen molar-refractivity contribution in [3.63, 3.8) is 0 Å². The first-order valence-electron chi connectivity index (χ1n) is 11.7. The van der Waals surface area contributed by atoms with Crippen molar-refractivity contribution in [1.29, 1.82) is 0 Å². The molecule has 1 N–H and O–H groups in total. The van der Waals surface area contributed by atoms with Crippen molar-refractivity contribution in [3.05, 3.63) is 59.2 Å². The number of amides is 2. The molecule has 0 bridgehead atoms. The monoisotopic (exact) mass is 503 g/mol. The van der Waals surface area contributed by atoms with E-state index >= 15 is 0 Å². The molecule has 9 heteroatoms. The third-order valence-corrected chi connectivity index (χ3v) is 6.99. The van der Waals surface area contributed by atoms with E-state index in [0.717, 1.165) is 40.1 Å². The van der Waals surface area contributed by atoms with Gasteiger partial charge in [0.25, 0.3) is 0 Å². The van der Waals surface area contributed by atoms with Crippen LogP contribution in [0.1, 0.15) is 43.4 Å². The molecular formula is C26H37N3O5S. The predicted molar refractivity (Wildman–Crippen MR) is 139 cm³/mol. The topological polar surface area (TPSA) is 96.0 Å². The third-order valence-electron chi connectivity index (χ3n) is 5.88. The molecule has 2 aromatic carbocycles. The molecule has 0 aliphatic rings. The standard InChI is InChI=1S/C26H37N3O5S/c1-7-8-16-27-26(31)21(4)28(17-22-12-14-23(34-5)15-13-22)24(30)18-29(35(6,32)33)25-19(2)10-9-11-20(25)3/h9-15,21H,7-8,16-18H2,1-6H3,(H,27,31). The maximum Gasteiger partial charge on any atom is 0.244 e. The van der Waals surface area contributed by atoms with Crippen LogP contribution in [0.5, 0.6) is 5.75 Å². The van der Waals surface area contributed by atoms with Gasteiger partial charge in [-0.25, -0.2) is 8.42 Å². The van der Waals surface area contributed by atoms with Crippen molar-refractivity contribution in [2.24, 2.45) is 0 Å². The van der Waals surface area contributed by atoms with E-state index < -0.39 is 28.5 Å². The number of carbonyl (C=O) groups excluding carboxylic acids is 2. The lowest BCUT2D eigenvalue weighted by Crippen LogP contribution is -2.51. The van der Waals surface area contributed by atoms with Gasteiger partial charge < -0.3 is 15.0 Å². The summed E-state index contributed by atoms with van der Waals surface area (Å²) < 4.78 is 31.9. The van der Waals surface area contributed by atoms with Crippen LogP contribution >= 0.6 is 0 Å². The first-order valence-corrected chi connectivity index (χ1v) is 13.6. The molecular weight excluding hydrogens is 466 g/mol. The lowest BCUT2D eigenvalue weighted by Gasteiger charge is -2.32. The zero-order valence-electron chi connectivity index (χ0n) is 21.5. The highest BCUT2D eigenvalue weighted by Crippen LogP contribution is 2.27. The Morgan fingerprint density at radius 3 is 2.17 bits per heavy atom. The summed E-state index contributed by atoms with van der Waals surface area (Å²) in [6.45, 7) is 7.56. The molecule has 0 heterocycles. The number of anilines is 1. The molecule has 0 aliphatic carbocycles. The molecule has 0 aromatic heterocycles. The molecule has 0 radical (unpaired) electrons. The normalized spacial score (nSPS) is 12.1. The zero-order valence-corrected chi connectivity index (χ0v) is 22.3. The molecule has 0 spiro atoms. The Kier molecular flexibility index (Phi) is 10.1. The average Bonchev–Trinajstić information content (AvgIpc) is 2.81. The van der Waals surface area contributed by atoms with E-state index in [4.69, 9.17) is 4.74 Å². The van der Waals surface area contributed by atoms with Gasteiger partial charge in [0.15, 0.2) is 0 Å². The molecule has 2 amide bonds. The Morgan fingerprint density at radius 1 is 1.06 bits per heavy atom. The largest absolute Gasteiger partial charge is 0.497 e. The van der Waals surface area contributed by atoms with Gasteiger partial charge in [0.2, 0.25) is 21.8 Å². The second-order valence-corrected chi connectivity index (χ2v) is 10.6. The average molecular weight is 504 g/mol. The highest BCUT2D eigenvalue weighted by atomic mass is 32.2. The van der Waals surface area contributed by atoms with Crippen molar-refractivity contribution in [2.45, 2.75) is 53.1 Å². The van der Waals surface area contributed by atoms with Crippen molar-refractivity contribution in [3.8, 4) is 5.75 Å². The van der Waals surface area contributed by atoms with Gasteiger partial charge in [0.1, 0.15) is 18.3 Å². The molecule has 0 aliphatic heterocycles. The summed E-state index contributed by atoms with van der Waals surface area (Å²) in [6.07, 6.45) is 2.85. The van der Waals surface area contributed by atoms with Gasteiger partial charge >= 0.3 is 0 Å². The second kappa shape index (κ2) is 12.6.